The van der Waals surface area contributed by atoms with Gasteiger partial charge < -0.3 is 10.1 Å². The lowest BCUT2D eigenvalue weighted by molar-refractivity contribution is 0.239. The third-order valence-corrected chi connectivity index (χ3v) is 2.83. The van der Waals surface area contributed by atoms with Crippen molar-refractivity contribution in [2.75, 3.05) is 0 Å². The zero-order valence-corrected chi connectivity index (χ0v) is 11.7. The van der Waals surface area contributed by atoms with Crippen LogP contribution in [0.2, 0.25) is 0 Å². The van der Waals surface area contributed by atoms with E-state index < -0.39 is 0 Å². The Morgan fingerprint density at radius 2 is 1.94 bits per heavy atom. The van der Waals surface area contributed by atoms with Crippen LogP contribution in [0.15, 0.2) is 18.2 Å². The molecule has 0 amide bonds. The summed E-state index contributed by atoms with van der Waals surface area (Å²) >= 11 is 0. The maximum atomic E-state index is 5.83. The van der Waals surface area contributed by atoms with E-state index >= 15 is 0 Å². The molecule has 0 fully saturated rings. The first-order valence-electron chi connectivity index (χ1n) is 6.52. The molecule has 0 aromatic heterocycles. The molecule has 0 spiro atoms. The van der Waals surface area contributed by atoms with E-state index in [9.17, 15) is 0 Å². The molecule has 0 radical (unpaired) electrons. The largest absolute Gasteiger partial charge is 0.491 e. The minimum atomic E-state index is 0.222. The molecule has 2 heteroatoms. The minimum absolute atomic E-state index is 0.222. The predicted octanol–water partition coefficient (Wildman–Crippen LogP) is 3.67. The van der Waals surface area contributed by atoms with Gasteiger partial charge in [0.05, 0.1) is 6.10 Å². The fourth-order valence-electron chi connectivity index (χ4n) is 1.64. The second kappa shape index (κ2) is 6.65. The van der Waals surface area contributed by atoms with Crippen molar-refractivity contribution in [2.24, 2.45) is 0 Å². The van der Waals surface area contributed by atoms with Crippen LogP contribution in [0.1, 0.15) is 45.2 Å². The third-order valence-electron chi connectivity index (χ3n) is 2.83. The second-order valence-electron chi connectivity index (χ2n) is 4.97. The smallest absolute Gasteiger partial charge is 0.124 e. The van der Waals surface area contributed by atoms with Gasteiger partial charge in [0.25, 0.3) is 0 Å². The van der Waals surface area contributed by atoms with E-state index in [1.807, 2.05) is 0 Å². The molecule has 1 rings (SSSR count). The molecule has 0 saturated heterocycles. The molecule has 1 N–H and O–H groups in total. The molecule has 0 aliphatic heterocycles. The molecule has 0 aliphatic rings. The Bertz CT molecular complexity index is 347. The predicted molar refractivity (Wildman–Crippen MR) is 73.5 cm³/mol. The van der Waals surface area contributed by atoms with E-state index in [4.69, 9.17) is 4.74 Å². The van der Waals surface area contributed by atoms with Gasteiger partial charge in [-0.25, -0.2) is 0 Å². The van der Waals surface area contributed by atoms with E-state index in [1.54, 1.807) is 0 Å². The summed E-state index contributed by atoms with van der Waals surface area (Å²) in [6, 6.07) is 6.92. The SMILES string of the molecule is CC[C@@H](C)NCc1cc(C)ccc1OC(C)C. The van der Waals surface area contributed by atoms with Crippen LogP contribution < -0.4 is 10.1 Å². The summed E-state index contributed by atoms with van der Waals surface area (Å²) in [5.74, 6) is 1.00. The Hall–Kier alpha value is -1.02. The Morgan fingerprint density at radius 1 is 1.24 bits per heavy atom. The van der Waals surface area contributed by atoms with Gasteiger partial charge in [-0.3, -0.25) is 0 Å². The average molecular weight is 235 g/mol. The number of benzene rings is 1. The Kier molecular flexibility index (Phi) is 5.49. The molecule has 0 aliphatic carbocycles. The van der Waals surface area contributed by atoms with Crippen molar-refractivity contribution in [3.05, 3.63) is 29.3 Å². The van der Waals surface area contributed by atoms with Crippen LogP contribution in [0.4, 0.5) is 0 Å². The van der Waals surface area contributed by atoms with Gasteiger partial charge in [0, 0.05) is 18.2 Å². The summed E-state index contributed by atoms with van der Waals surface area (Å²) in [6.07, 6.45) is 1.37. The van der Waals surface area contributed by atoms with E-state index in [1.165, 1.54) is 11.1 Å². The first-order chi connectivity index (χ1) is 8.02. The number of aryl methyl sites for hydroxylation is 1. The molecule has 1 atom stereocenters. The van der Waals surface area contributed by atoms with E-state index in [0.717, 1.165) is 18.7 Å². The second-order valence-corrected chi connectivity index (χ2v) is 4.97. The number of hydrogen-bond acceptors (Lipinski definition) is 2. The summed E-state index contributed by atoms with van der Waals surface area (Å²) in [7, 11) is 0. The van der Waals surface area contributed by atoms with Crippen LogP contribution in [-0.4, -0.2) is 12.1 Å². The van der Waals surface area contributed by atoms with Gasteiger partial charge in [-0.15, -0.1) is 0 Å². The average Bonchev–Trinajstić information content (AvgIpc) is 2.28. The number of nitrogens with one attached hydrogen (secondary N) is 1. The van der Waals surface area contributed by atoms with Gasteiger partial charge in [0.1, 0.15) is 5.75 Å². The van der Waals surface area contributed by atoms with Crippen molar-refractivity contribution in [3.63, 3.8) is 0 Å². The van der Waals surface area contributed by atoms with Gasteiger partial charge in [-0.05, 0) is 40.2 Å². The number of hydrogen-bond donors (Lipinski definition) is 1. The van der Waals surface area contributed by atoms with Crippen molar-refractivity contribution in [3.8, 4) is 5.75 Å². The van der Waals surface area contributed by atoms with Gasteiger partial charge in [-0.1, -0.05) is 24.6 Å². The highest BCUT2D eigenvalue weighted by molar-refractivity contribution is 5.37. The van der Waals surface area contributed by atoms with Crippen LogP contribution in [-0.2, 0) is 6.54 Å². The highest BCUT2D eigenvalue weighted by Gasteiger charge is 2.07. The quantitative estimate of drug-likeness (QED) is 0.812. The Labute approximate surface area is 105 Å². The summed E-state index contributed by atoms with van der Waals surface area (Å²) in [5.41, 5.74) is 2.53. The van der Waals surface area contributed by atoms with Crippen molar-refractivity contribution in [1.82, 2.24) is 5.32 Å². The Morgan fingerprint density at radius 3 is 2.53 bits per heavy atom. The molecule has 0 unspecified atom stereocenters. The fraction of sp³-hybridized carbons (Fsp3) is 0.600. The number of rotatable bonds is 6. The van der Waals surface area contributed by atoms with Gasteiger partial charge in [0.2, 0.25) is 0 Å². The molecule has 96 valence electrons. The Balaban J connectivity index is 2.76. The summed E-state index contributed by atoms with van der Waals surface area (Å²) in [4.78, 5) is 0. The van der Waals surface area contributed by atoms with Crippen LogP contribution >= 0.6 is 0 Å². The molecule has 0 saturated carbocycles. The van der Waals surface area contributed by atoms with E-state index in [-0.39, 0.29) is 6.10 Å². The lowest BCUT2D eigenvalue weighted by Crippen LogP contribution is -2.25. The fourth-order valence-corrected chi connectivity index (χ4v) is 1.64. The highest BCUT2D eigenvalue weighted by atomic mass is 16.5. The zero-order valence-electron chi connectivity index (χ0n) is 11.7. The maximum absolute atomic E-state index is 5.83. The van der Waals surface area contributed by atoms with Gasteiger partial charge >= 0.3 is 0 Å². The lowest BCUT2D eigenvalue weighted by Gasteiger charge is -2.17. The van der Waals surface area contributed by atoms with Crippen LogP contribution in [0.3, 0.4) is 0 Å². The molecular weight excluding hydrogens is 210 g/mol. The molecule has 2 nitrogen and oxygen atoms in total. The molecule has 1 aromatic carbocycles. The molecular formula is C15H25NO. The van der Waals surface area contributed by atoms with Crippen molar-refractivity contribution in [1.29, 1.82) is 0 Å². The summed E-state index contributed by atoms with van der Waals surface area (Å²) in [5, 5.41) is 3.51. The van der Waals surface area contributed by atoms with Crippen molar-refractivity contribution < 1.29 is 4.74 Å². The standard InChI is InChI=1S/C15H25NO/c1-6-13(5)16-10-14-9-12(4)7-8-15(14)17-11(2)3/h7-9,11,13,16H,6,10H2,1-5H3/t13-/m1/s1. The van der Waals surface area contributed by atoms with Gasteiger partial charge in [-0.2, -0.15) is 0 Å². The first-order valence-corrected chi connectivity index (χ1v) is 6.52. The topological polar surface area (TPSA) is 21.3 Å². The normalized spacial score (nSPS) is 12.8. The van der Waals surface area contributed by atoms with Crippen molar-refractivity contribution in [2.45, 2.75) is 59.7 Å². The molecule has 17 heavy (non-hydrogen) atoms. The minimum Gasteiger partial charge on any atom is -0.491 e. The zero-order chi connectivity index (χ0) is 12.8. The van der Waals surface area contributed by atoms with Crippen molar-refractivity contribution >= 4 is 0 Å². The monoisotopic (exact) mass is 235 g/mol. The summed E-state index contributed by atoms with van der Waals surface area (Å²) in [6.45, 7) is 11.5. The molecule has 1 aromatic rings. The first kappa shape index (κ1) is 14.0. The van der Waals surface area contributed by atoms with E-state index in [2.05, 4.69) is 58.1 Å². The third kappa shape index (κ3) is 4.78. The van der Waals surface area contributed by atoms with E-state index in [0.29, 0.717) is 6.04 Å². The number of ether oxygens (including phenoxy) is 1. The highest BCUT2D eigenvalue weighted by Crippen LogP contribution is 2.21. The van der Waals surface area contributed by atoms with Crippen LogP contribution in [0.25, 0.3) is 0 Å². The summed E-state index contributed by atoms with van der Waals surface area (Å²) < 4.78 is 5.83. The van der Waals surface area contributed by atoms with Crippen LogP contribution in [0, 0.1) is 6.92 Å². The maximum Gasteiger partial charge on any atom is 0.124 e. The van der Waals surface area contributed by atoms with Crippen LogP contribution in [0.5, 0.6) is 5.75 Å². The molecule has 0 heterocycles. The van der Waals surface area contributed by atoms with Gasteiger partial charge in [0.15, 0.2) is 0 Å². The lowest BCUT2D eigenvalue weighted by atomic mass is 10.1. The molecule has 0 bridgehead atoms.